The molecule has 0 spiro atoms. The van der Waals surface area contributed by atoms with Gasteiger partial charge >= 0.3 is 6.09 Å². The molecule has 0 unspecified atom stereocenters. The lowest BCUT2D eigenvalue weighted by Gasteiger charge is -2.21. The zero-order chi connectivity index (χ0) is 16.6. The van der Waals surface area contributed by atoms with E-state index in [0.717, 1.165) is 27.7 Å². The Labute approximate surface area is 136 Å². The first-order chi connectivity index (χ1) is 10.9. The molecular formula is C20H21NO2. The van der Waals surface area contributed by atoms with Crippen LogP contribution in [-0.4, -0.2) is 16.3 Å². The van der Waals surface area contributed by atoms with Crippen LogP contribution in [0.5, 0.6) is 0 Å². The van der Waals surface area contributed by atoms with Gasteiger partial charge in [-0.05, 0) is 44.9 Å². The second-order valence-electron chi connectivity index (χ2n) is 6.72. The number of para-hydroxylation sites is 1. The summed E-state index contributed by atoms with van der Waals surface area (Å²) >= 11 is 0. The number of carbonyl (C=O) groups excluding carboxylic acids is 1. The van der Waals surface area contributed by atoms with Gasteiger partial charge in [-0.2, -0.15) is 0 Å². The molecule has 118 valence electrons. The minimum Gasteiger partial charge on any atom is -0.443 e. The van der Waals surface area contributed by atoms with Crippen molar-refractivity contribution in [1.29, 1.82) is 0 Å². The molecule has 3 rings (SSSR count). The van der Waals surface area contributed by atoms with Gasteiger partial charge in [0.05, 0.1) is 11.2 Å². The number of aromatic nitrogens is 1. The van der Waals surface area contributed by atoms with E-state index in [1.165, 1.54) is 0 Å². The molecule has 0 saturated heterocycles. The Morgan fingerprint density at radius 2 is 1.70 bits per heavy atom. The van der Waals surface area contributed by atoms with Crippen molar-refractivity contribution in [2.24, 2.45) is 0 Å². The number of carbonyl (C=O) groups is 1. The summed E-state index contributed by atoms with van der Waals surface area (Å²) in [6.07, 6.45) is -0.347. The molecule has 0 N–H and O–H groups in total. The van der Waals surface area contributed by atoms with Gasteiger partial charge in [-0.1, -0.05) is 48.5 Å². The van der Waals surface area contributed by atoms with Gasteiger partial charge in [0.15, 0.2) is 0 Å². The average Bonchev–Trinajstić information content (AvgIpc) is 2.87. The monoisotopic (exact) mass is 307 g/mol. The van der Waals surface area contributed by atoms with Gasteiger partial charge in [0.2, 0.25) is 0 Å². The Morgan fingerprint density at radius 1 is 1.00 bits per heavy atom. The molecule has 0 fully saturated rings. The van der Waals surface area contributed by atoms with Crippen molar-refractivity contribution in [2.45, 2.75) is 33.3 Å². The molecular weight excluding hydrogens is 286 g/mol. The molecule has 3 nitrogen and oxygen atoms in total. The summed E-state index contributed by atoms with van der Waals surface area (Å²) in [5.74, 6) is 0. The fourth-order valence-electron chi connectivity index (χ4n) is 2.75. The Kier molecular flexibility index (Phi) is 3.72. The van der Waals surface area contributed by atoms with Crippen LogP contribution in [0.3, 0.4) is 0 Å². The predicted molar refractivity (Wildman–Crippen MR) is 93.7 cm³/mol. The van der Waals surface area contributed by atoms with Crippen LogP contribution in [0.1, 0.15) is 26.3 Å². The Bertz CT molecular complexity index is 854. The molecule has 0 radical (unpaired) electrons. The second-order valence-corrected chi connectivity index (χ2v) is 6.72. The van der Waals surface area contributed by atoms with E-state index in [-0.39, 0.29) is 6.09 Å². The van der Waals surface area contributed by atoms with Crippen LogP contribution >= 0.6 is 0 Å². The van der Waals surface area contributed by atoms with Gasteiger partial charge in [0.25, 0.3) is 0 Å². The van der Waals surface area contributed by atoms with Crippen LogP contribution in [0.4, 0.5) is 4.79 Å². The molecule has 0 bridgehead atoms. The third-order valence-corrected chi connectivity index (χ3v) is 3.67. The SMILES string of the molecule is Cc1cccc2cc(-c3ccccc3)n(C(=O)OC(C)(C)C)c12. The molecule has 0 atom stereocenters. The standard InChI is InChI=1S/C20H21NO2/c1-14-9-8-12-16-13-17(15-10-6-5-7-11-15)21(18(14)16)19(22)23-20(2,3)4/h5-13H,1-4H3. The molecule has 1 heterocycles. The maximum absolute atomic E-state index is 12.8. The summed E-state index contributed by atoms with van der Waals surface area (Å²) in [6, 6.07) is 18.0. The molecule has 3 heteroatoms. The number of hydrogen-bond acceptors (Lipinski definition) is 2. The lowest BCUT2D eigenvalue weighted by Crippen LogP contribution is -2.27. The van der Waals surface area contributed by atoms with Crippen LogP contribution in [0.25, 0.3) is 22.2 Å². The lowest BCUT2D eigenvalue weighted by molar-refractivity contribution is 0.0547. The maximum atomic E-state index is 12.8. The van der Waals surface area contributed by atoms with Gasteiger partial charge < -0.3 is 4.74 Å². The number of aryl methyl sites for hydroxylation is 1. The number of ether oxygens (including phenoxy) is 1. The highest BCUT2D eigenvalue weighted by Gasteiger charge is 2.23. The molecule has 0 aliphatic rings. The van der Waals surface area contributed by atoms with Crippen molar-refractivity contribution in [2.75, 3.05) is 0 Å². The van der Waals surface area contributed by atoms with E-state index >= 15 is 0 Å². The topological polar surface area (TPSA) is 31.2 Å². The van der Waals surface area contributed by atoms with Crippen molar-refractivity contribution in [3.63, 3.8) is 0 Å². The van der Waals surface area contributed by atoms with E-state index in [1.54, 1.807) is 4.57 Å². The van der Waals surface area contributed by atoms with Gasteiger partial charge in [0.1, 0.15) is 5.60 Å². The highest BCUT2D eigenvalue weighted by atomic mass is 16.6. The fraction of sp³-hybridized carbons (Fsp3) is 0.250. The third kappa shape index (κ3) is 3.00. The molecule has 0 saturated carbocycles. The molecule has 3 aromatic rings. The molecule has 0 aliphatic heterocycles. The van der Waals surface area contributed by atoms with Gasteiger partial charge in [-0.25, -0.2) is 9.36 Å². The number of nitrogens with zero attached hydrogens (tertiary/aromatic N) is 1. The molecule has 2 aromatic carbocycles. The van der Waals surface area contributed by atoms with Crippen molar-refractivity contribution >= 4 is 17.0 Å². The lowest BCUT2D eigenvalue weighted by atomic mass is 10.1. The number of hydrogen-bond donors (Lipinski definition) is 0. The highest BCUT2D eigenvalue weighted by molar-refractivity contribution is 5.97. The van der Waals surface area contributed by atoms with Crippen molar-refractivity contribution < 1.29 is 9.53 Å². The fourth-order valence-corrected chi connectivity index (χ4v) is 2.75. The predicted octanol–water partition coefficient (Wildman–Crippen LogP) is 5.40. The zero-order valence-electron chi connectivity index (χ0n) is 14.0. The highest BCUT2D eigenvalue weighted by Crippen LogP contribution is 2.31. The van der Waals surface area contributed by atoms with Crippen LogP contribution in [0, 0.1) is 6.92 Å². The summed E-state index contributed by atoms with van der Waals surface area (Å²) in [6.45, 7) is 7.65. The quantitative estimate of drug-likeness (QED) is 0.602. The van der Waals surface area contributed by atoms with Crippen LogP contribution in [0.2, 0.25) is 0 Å². The first kappa shape index (κ1) is 15.3. The average molecular weight is 307 g/mol. The third-order valence-electron chi connectivity index (χ3n) is 3.67. The van der Waals surface area contributed by atoms with Gasteiger partial charge in [-0.3, -0.25) is 0 Å². The van der Waals surface area contributed by atoms with Crippen molar-refractivity contribution in [3.05, 3.63) is 60.2 Å². The number of rotatable bonds is 1. The summed E-state index contributed by atoms with van der Waals surface area (Å²) in [5, 5.41) is 1.04. The van der Waals surface area contributed by atoms with E-state index in [0.29, 0.717) is 0 Å². The van der Waals surface area contributed by atoms with Crippen LogP contribution in [0.15, 0.2) is 54.6 Å². The normalized spacial score (nSPS) is 11.7. The molecule has 0 aliphatic carbocycles. The van der Waals surface area contributed by atoms with Crippen LogP contribution in [-0.2, 0) is 4.74 Å². The van der Waals surface area contributed by atoms with E-state index in [9.17, 15) is 4.79 Å². The minimum absolute atomic E-state index is 0.347. The Balaban J connectivity index is 2.26. The van der Waals surface area contributed by atoms with Crippen LogP contribution < -0.4 is 0 Å². The largest absolute Gasteiger partial charge is 0.443 e. The van der Waals surface area contributed by atoms with E-state index in [1.807, 2.05) is 82.3 Å². The second kappa shape index (κ2) is 5.58. The Hall–Kier alpha value is -2.55. The summed E-state index contributed by atoms with van der Waals surface area (Å²) in [5.41, 5.74) is 3.26. The Morgan fingerprint density at radius 3 is 2.35 bits per heavy atom. The zero-order valence-corrected chi connectivity index (χ0v) is 14.0. The first-order valence-electron chi connectivity index (χ1n) is 7.77. The van der Waals surface area contributed by atoms with Crippen molar-refractivity contribution in [1.82, 2.24) is 4.57 Å². The van der Waals surface area contributed by atoms with Gasteiger partial charge in [-0.15, -0.1) is 0 Å². The number of benzene rings is 2. The van der Waals surface area contributed by atoms with Crippen molar-refractivity contribution in [3.8, 4) is 11.3 Å². The molecule has 1 aromatic heterocycles. The van der Waals surface area contributed by atoms with E-state index < -0.39 is 5.60 Å². The maximum Gasteiger partial charge on any atom is 0.419 e. The van der Waals surface area contributed by atoms with E-state index in [4.69, 9.17) is 4.74 Å². The first-order valence-corrected chi connectivity index (χ1v) is 7.77. The minimum atomic E-state index is -0.537. The van der Waals surface area contributed by atoms with Gasteiger partial charge in [0, 0.05) is 5.39 Å². The molecule has 23 heavy (non-hydrogen) atoms. The molecule has 0 amide bonds. The smallest absolute Gasteiger partial charge is 0.419 e. The number of fused-ring (bicyclic) bond motifs is 1. The summed E-state index contributed by atoms with van der Waals surface area (Å²) in [7, 11) is 0. The van der Waals surface area contributed by atoms with E-state index in [2.05, 4.69) is 0 Å². The summed E-state index contributed by atoms with van der Waals surface area (Å²) in [4.78, 5) is 12.8. The summed E-state index contributed by atoms with van der Waals surface area (Å²) < 4.78 is 7.32.